The molecule has 5 unspecified atom stereocenters. The smallest absolute Gasteiger partial charge is 0.0129 e. The molecule has 1 aliphatic carbocycles. The zero-order valence-electron chi connectivity index (χ0n) is 10.7. The van der Waals surface area contributed by atoms with Crippen molar-refractivity contribution in [3.05, 3.63) is 0 Å². The maximum Gasteiger partial charge on any atom is 0.0129 e. The van der Waals surface area contributed by atoms with Gasteiger partial charge in [0.25, 0.3) is 0 Å². The summed E-state index contributed by atoms with van der Waals surface area (Å²) in [4.78, 5) is 2.89. The highest BCUT2D eigenvalue weighted by molar-refractivity contribution is 5.02. The summed E-state index contributed by atoms with van der Waals surface area (Å²) < 4.78 is 0. The van der Waals surface area contributed by atoms with Gasteiger partial charge in [-0.1, -0.05) is 13.8 Å². The molecule has 3 aliphatic rings. The Kier molecular flexibility index (Phi) is 2.75. The van der Waals surface area contributed by atoms with Crippen LogP contribution in [0.3, 0.4) is 0 Å². The van der Waals surface area contributed by atoms with E-state index in [0.717, 1.165) is 30.0 Å². The molecule has 2 nitrogen and oxygen atoms in total. The van der Waals surface area contributed by atoms with E-state index < -0.39 is 0 Å². The number of rotatable bonds is 1. The molecule has 3 rings (SSSR count). The summed E-state index contributed by atoms with van der Waals surface area (Å²) in [6, 6.07) is 3.01. The molecule has 2 heteroatoms. The van der Waals surface area contributed by atoms with Crippen molar-refractivity contribution in [2.75, 3.05) is 0 Å². The predicted molar refractivity (Wildman–Crippen MR) is 67.2 cm³/mol. The van der Waals surface area contributed by atoms with E-state index >= 15 is 0 Å². The lowest BCUT2D eigenvalue weighted by Gasteiger charge is -2.43. The maximum absolute atomic E-state index is 6.15. The highest BCUT2D eigenvalue weighted by Gasteiger charge is 2.46. The summed E-state index contributed by atoms with van der Waals surface area (Å²) in [6.45, 7) is 4.90. The highest BCUT2D eigenvalue weighted by Crippen LogP contribution is 2.44. The third-order valence-corrected chi connectivity index (χ3v) is 5.63. The van der Waals surface area contributed by atoms with Gasteiger partial charge in [-0.15, -0.1) is 0 Å². The van der Waals surface area contributed by atoms with E-state index in [1.807, 2.05) is 0 Å². The van der Waals surface area contributed by atoms with E-state index in [-0.39, 0.29) is 0 Å². The monoisotopic (exact) mass is 222 g/mol. The maximum atomic E-state index is 6.15. The van der Waals surface area contributed by atoms with Gasteiger partial charge in [-0.2, -0.15) is 0 Å². The van der Waals surface area contributed by atoms with Crippen LogP contribution in [0.15, 0.2) is 0 Å². The van der Waals surface area contributed by atoms with Crippen LogP contribution in [0.5, 0.6) is 0 Å². The van der Waals surface area contributed by atoms with Gasteiger partial charge in [0, 0.05) is 24.2 Å². The molecule has 5 atom stereocenters. The Labute approximate surface area is 99.6 Å². The zero-order valence-corrected chi connectivity index (χ0v) is 10.7. The van der Waals surface area contributed by atoms with Gasteiger partial charge in [0.15, 0.2) is 0 Å². The van der Waals surface area contributed by atoms with E-state index in [2.05, 4.69) is 18.7 Å². The average Bonchev–Trinajstić information content (AvgIpc) is 2.69. The summed E-state index contributed by atoms with van der Waals surface area (Å²) in [7, 11) is 0. The van der Waals surface area contributed by atoms with Crippen molar-refractivity contribution in [3.8, 4) is 0 Å². The van der Waals surface area contributed by atoms with Crippen LogP contribution < -0.4 is 5.73 Å². The van der Waals surface area contributed by atoms with Gasteiger partial charge in [-0.05, 0) is 50.4 Å². The number of nitrogens with zero attached hydrogens (tertiary/aromatic N) is 1. The normalized spacial score (nSPS) is 53.4. The lowest BCUT2D eigenvalue weighted by atomic mass is 9.91. The molecular weight excluding hydrogens is 196 g/mol. The second-order valence-electron chi connectivity index (χ2n) is 6.54. The van der Waals surface area contributed by atoms with E-state index in [1.54, 1.807) is 0 Å². The molecule has 3 fully saturated rings. The van der Waals surface area contributed by atoms with Gasteiger partial charge in [0.2, 0.25) is 0 Å². The minimum Gasteiger partial charge on any atom is -0.328 e. The fourth-order valence-corrected chi connectivity index (χ4v) is 4.56. The average molecular weight is 222 g/mol. The Bertz CT molecular complexity index is 251. The first-order valence-corrected chi connectivity index (χ1v) is 7.20. The van der Waals surface area contributed by atoms with Crippen LogP contribution in [0, 0.1) is 11.8 Å². The highest BCUT2D eigenvalue weighted by atomic mass is 15.3. The largest absolute Gasteiger partial charge is 0.328 e. The fraction of sp³-hybridized carbons (Fsp3) is 1.00. The Morgan fingerprint density at radius 1 is 0.938 bits per heavy atom. The van der Waals surface area contributed by atoms with Gasteiger partial charge in [0.05, 0.1) is 0 Å². The first-order chi connectivity index (χ1) is 7.66. The van der Waals surface area contributed by atoms with Crippen LogP contribution >= 0.6 is 0 Å². The SMILES string of the molecule is CC1CCC(N2C3CCC2CC(N)C3)C1C. The van der Waals surface area contributed by atoms with Crippen molar-refractivity contribution in [1.82, 2.24) is 4.90 Å². The topological polar surface area (TPSA) is 29.3 Å². The number of fused-ring (bicyclic) bond motifs is 2. The first kappa shape index (κ1) is 11.0. The Morgan fingerprint density at radius 3 is 2.06 bits per heavy atom. The van der Waals surface area contributed by atoms with Gasteiger partial charge < -0.3 is 5.73 Å². The standard InChI is InChI=1S/C14H26N2/c1-9-3-6-14(10(9)2)16-12-4-5-13(16)8-11(15)7-12/h9-14H,3-8,15H2,1-2H3. The third kappa shape index (κ3) is 1.62. The molecule has 2 aliphatic heterocycles. The second-order valence-corrected chi connectivity index (χ2v) is 6.54. The van der Waals surface area contributed by atoms with Crippen molar-refractivity contribution in [1.29, 1.82) is 0 Å². The molecule has 0 aromatic heterocycles. The summed E-state index contributed by atoms with van der Waals surface area (Å²) >= 11 is 0. The van der Waals surface area contributed by atoms with Gasteiger partial charge >= 0.3 is 0 Å². The van der Waals surface area contributed by atoms with Crippen LogP contribution in [0.1, 0.15) is 52.4 Å². The van der Waals surface area contributed by atoms with E-state index in [4.69, 9.17) is 5.73 Å². The van der Waals surface area contributed by atoms with Crippen LogP contribution in [-0.4, -0.2) is 29.1 Å². The zero-order chi connectivity index (χ0) is 11.3. The molecule has 2 N–H and O–H groups in total. The van der Waals surface area contributed by atoms with Crippen molar-refractivity contribution in [2.24, 2.45) is 17.6 Å². The minimum absolute atomic E-state index is 0.489. The fourth-order valence-electron chi connectivity index (χ4n) is 4.56. The molecular formula is C14H26N2. The van der Waals surface area contributed by atoms with Crippen molar-refractivity contribution in [3.63, 3.8) is 0 Å². The molecule has 2 bridgehead atoms. The number of nitrogens with two attached hydrogens (primary N) is 1. The van der Waals surface area contributed by atoms with Gasteiger partial charge in [0.1, 0.15) is 0 Å². The lowest BCUT2D eigenvalue weighted by molar-refractivity contribution is 0.0571. The van der Waals surface area contributed by atoms with Crippen LogP contribution in [0.2, 0.25) is 0 Å². The van der Waals surface area contributed by atoms with E-state index in [9.17, 15) is 0 Å². The van der Waals surface area contributed by atoms with Crippen molar-refractivity contribution in [2.45, 2.75) is 76.5 Å². The quantitative estimate of drug-likeness (QED) is 0.738. The summed E-state index contributed by atoms with van der Waals surface area (Å²) in [5, 5.41) is 0. The molecule has 0 radical (unpaired) electrons. The Hall–Kier alpha value is -0.0800. The molecule has 0 aromatic carbocycles. The third-order valence-electron chi connectivity index (χ3n) is 5.63. The summed E-state index contributed by atoms with van der Waals surface area (Å²) in [5.74, 6) is 1.83. The first-order valence-electron chi connectivity index (χ1n) is 7.20. The van der Waals surface area contributed by atoms with Gasteiger partial charge in [-0.3, -0.25) is 4.90 Å². The van der Waals surface area contributed by atoms with E-state index in [1.165, 1.54) is 38.5 Å². The molecule has 0 aromatic rings. The molecule has 0 spiro atoms. The van der Waals surface area contributed by atoms with Gasteiger partial charge in [-0.25, -0.2) is 0 Å². The minimum atomic E-state index is 0.489. The van der Waals surface area contributed by atoms with Crippen molar-refractivity contribution < 1.29 is 0 Å². The molecule has 2 saturated heterocycles. The summed E-state index contributed by atoms with van der Waals surface area (Å²) in [6.07, 6.45) is 8.21. The van der Waals surface area contributed by atoms with Crippen LogP contribution in [0.4, 0.5) is 0 Å². The number of hydrogen-bond acceptors (Lipinski definition) is 2. The Morgan fingerprint density at radius 2 is 1.56 bits per heavy atom. The molecule has 1 saturated carbocycles. The lowest BCUT2D eigenvalue weighted by Crippen LogP contribution is -2.52. The number of hydrogen-bond donors (Lipinski definition) is 1. The number of piperidine rings is 1. The molecule has 16 heavy (non-hydrogen) atoms. The molecule has 0 amide bonds. The molecule has 2 heterocycles. The van der Waals surface area contributed by atoms with E-state index in [0.29, 0.717) is 6.04 Å². The Balaban J connectivity index is 1.76. The predicted octanol–water partition coefficient (Wildman–Crippen LogP) is 2.38. The van der Waals surface area contributed by atoms with Crippen LogP contribution in [-0.2, 0) is 0 Å². The second kappa shape index (κ2) is 3.99. The molecule has 92 valence electrons. The van der Waals surface area contributed by atoms with Crippen LogP contribution in [0.25, 0.3) is 0 Å². The summed E-state index contributed by atoms with van der Waals surface area (Å²) in [5.41, 5.74) is 6.15. The van der Waals surface area contributed by atoms with Crippen molar-refractivity contribution >= 4 is 0 Å².